The summed E-state index contributed by atoms with van der Waals surface area (Å²) in [6, 6.07) is 5.10. The normalized spacial score (nSPS) is 11.9. The van der Waals surface area contributed by atoms with Gasteiger partial charge in [-0.1, -0.05) is 22.8 Å². The molecule has 0 saturated carbocycles. The molecule has 0 fully saturated rings. The van der Waals surface area contributed by atoms with Crippen molar-refractivity contribution in [1.82, 2.24) is 10.3 Å². The second-order valence-electron chi connectivity index (χ2n) is 6.62. The molecule has 0 saturated heterocycles. The average molecular weight is 455 g/mol. The van der Waals surface area contributed by atoms with Crippen LogP contribution in [0.25, 0.3) is 0 Å². The molecule has 31 heavy (non-hydrogen) atoms. The number of hydrogen-bond acceptors (Lipinski definition) is 8. The van der Waals surface area contributed by atoms with Gasteiger partial charge in [-0.25, -0.2) is 5.84 Å². The monoisotopic (exact) mass is 454 g/mol. The van der Waals surface area contributed by atoms with Gasteiger partial charge in [0.2, 0.25) is 0 Å². The van der Waals surface area contributed by atoms with E-state index in [2.05, 4.69) is 25.6 Å². The summed E-state index contributed by atoms with van der Waals surface area (Å²) in [7, 11) is 0. The average Bonchev–Trinajstić information content (AvgIpc) is 2.75. The molecule has 11 nitrogen and oxygen atoms in total. The molecule has 0 spiro atoms. The molecule has 0 aliphatic heterocycles. The minimum Gasteiger partial charge on any atom is -0.492 e. The highest BCUT2D eigenvalue weighted by Gasteiger charge is 2.11. The Balaban J connectivity index is 2.35. The van der Waals surface area contributed by atoms with Crippen LogP contribution in [-0.2, 0) is 11.2 Å². The summed E-state index contributed by atoms with van der Waals surface area (Å²) >= 11 is 6.24. The zero-order valence-electron chi connectivity index (χ0n) is 17.4. The lowest BCUT2D eigenvalue weighted by molar-refractivity contribution is -0.112. The summed E-state index contributed by atoms with van der Waals surface area (Å²) in [6.07, 6.45) is 6.81. The molecular formula is C19H31ClN8O3. The van der Waals surface area contributed by atoms with Gasteiger partial charge in [-0.2, -0.15) is 5.10 Å². The smallest absolute Gasteiger partial charge is 0.266 e. The molecule has 0 aliphatic carbocycles. The standard InChI is InChI=1S/C19H31ClN8O3/c20-16-11-15(12-17(27-30)19(21)29)5-6-18(16)31-10-4-3-9-28(14-26-23)8-2-1-7-24-13-25-22/h5-6,11,13-14,30H,1-4,7-10,12,22-23H2,(H2,21,29)(H,24,25)/b26-14+,27-17-. The summed E-state index contributed by atoms with van der Waals surface area (Å²) in [5.41, 5.74) is 8.04. The van der Waals surface area contributed by atoms with E-state index in [0.717, 1.165) is 38.8 Å². The number of carbonyl (C=O) groups is 1. The number of nitrogens with zero attached hydrogens (tertiary/aromatic N) is 4. The van der Waals surface area contributed by atoms with Gasteiger partial charge in [-0.05, 0) is 43.4 Å². The molecule has 1 amide bonds. The predicted octanol–water partition coefficient (Wildman–Crippen LogP) is 0.833. The van der Waals surface area contributed by atoms with Crippen LogP contribution >= 0.6 is 11.6 Å². The van der Waals surface area contributed by atoms with Crippen LogP contribution in [0.3, 0.4) is 0 Å². The fourth-order valence-corrected chi connectivity index (χ4v) is 2.95. The number of oxime groups is 1. The van der Waals surface area contributed by atoms with Crippen LogP contribution < -0.4 is 27.6 Å². The van der Waals surface area contributed by atoms with Crippen LogP contribution in [-0.4, -0.2) is 60.6 Å². The molecule has 1 aromatic rings. The minimum absolute atomic E-state index is 0.0840. The summed E-state index contributed by atoms with van der Waals surface area (Å²) in [5.74, 6) is 10.2. The Hall–Kier alpha value is -3.05. The molecule has 0 radical (unpaired) electrons. The number of aliphatic imine (C=N–C) groups is 1. The summed E-state index contributed by atoms with van der Waals surface area (Å²) in [6.45, 7) is 2.85. The number of unbranched alkanes of at least 4 members (excludes halogenated alkanes) is 2. The number of hydrogen-bond donors (Lipinski definition) is 5. The number of halogens is 1. The number of hydrazine groups is 1. The van der Waals surface area contributed by atoms with E-state index in [9.17, 15) is 4.79 Å². The highest BCUT2D eigenvalue weighted by molar-refractivity contribution is 6.38. The number of hydrazone groups is 1. The van der Waals surface area contributed by atoms with E-state index in [4.69, 9.17) is 39.0 Å². The minimum atomic E-state index is -0.787. The van der Waals surface area contributed by atoms with E-state index >= 15 is 0 Å². The fourth-order valence-electron chi connectivity index (χ4n) is 2.69. The summed E-state index contributed by atoms with van der Waals surface area (Å²) in [4.78, 5) is 17.3. The van der Waals surface area contributed by atoms with E-state index in [1.807, 2.05) is 0 Å². The molecule has 0 heterocycles. The lowest BCUT2D eigenvalue weighted by atomic mass is 10.1. The van der Waals surface area contributed by atoms with Crippen molar-refractivity contribution >= 4 is 35.9 Å². The molecular weight excluding hydrogens is 424 g/mol. The Morgan fingerprint density at radius 2 is 2.00 bits per heavy atom. The molecule has 0 atom stereocenters. The first-order valence-corrected chi connectivity index (χ1v) is 10.2. The van der Waals surface area contributed by atoms with Crippen molar-refractivity contribution in [2.75, 3.05) is 26.2 Å². The third-order valence-electron chi connectivity index (χ3n) is 4.25. The molecule has 12 heteroatoms. The quantitative estimate of drug-likeness (QED) is 0.0612. The number of primary amides is 1. The van der Waals surface area contributed by atoms with Crippen LogP contribution in [0, 0.1) is 0 Å². The number of benzene rings is 1. The maximum absolute atomic E-state index is 11.1. The van der Waals surface area contributed by atoms with Gasteiger partial charge in [0.1, 0.15) is 17.8 Å². The third-order valence-corrected chi connectivity index (χ3v) is 4.54. The second kappa shape index (κ2) is 15.7. The highest BCUT2D eigenvalue weighted by Crippen LogP contribution is 2.26. The first-order chi connectivity index (χ1) is 15.0. The number of amides is 1. The second-order valence-corrected chi connectivity index (χ2v) is 7.02. The first kappa shape index (κ1) is 26.0. The lowest BCUT2D eigenvalue weighted by Crippen LogP contribution is -2.25. The van der Waals surface area contributed by atoms with Crippen molar-refractivity contribution in [3.8, 4) is 5.75 Å². The van der Waals surface area contributed by atoms with Crippen molar-refractivity contribution in [2.45, 2.75) is 32.1 Å². The van der Waals surface area contributed by atoms with Crippen LogP contribution in [0.2, 0.25) is 5.02 Å². The predicted molar refractivity (Wildman–Crippen MR) is 122 cm³/mol. The number of ether oxygens (including phenoxy) is 1. The van der Waals surface area contributed by atoms with E-state index in [1.54, 1.807) is 24.5 Å². The molecule has 1 rings (SSSR count). The molecule has 0 bridgehead atoms. The van der Waals surface area contributed by atoms with Gasteiger partial charge in [0.15, 0.2) is 0 Å². The number of nitrogens with one attached hydrogen (secondary N) is 1. The van der Waals surface area contributed by atoms with Crippen molar-refractivity contribution in [1.29, 1.82) is 0 Å². The van der Waals surface area contributed by atoms with Gasteiger partial charge in [0, 0.05) is 26.1 Å². The Kier molecular flexibility index (Phi) is 13.2. The van der Waals surface area contributed by atoms with Crippen molar-refractivity contribution < 1.29 is 14.7 Å². The van der Waals surface area contributed by atoms with Gasteiger partial charge >= 0.3 is 0 Å². The summed E-state index contributed by atoms with van der Waals surface area (Å²) < 4.78 is 5.74. The molecule has 0 aliphatic rings. The molecule has 0 unspecified atom stereocenters. The van der Waals surface area contributed by atoms with Gasteiger partial charge in [-0.3, -0.25) is 9.79 Å². The van der Waals surface area contributed by atoms with Gasteiger partial charge < -0.3 is 31.8 Å². The van der Waals surface area contributed by atoms with Gasteiger partial charge in [0.05, 0.1) is 18.0 Å². The zero-order valence-corrected chi connectivity index (χ0v) is 18.2. The Morgan fingerprint density at radius 3 is 2.61 bits per heavy atom. The topological polar surface area (TPSA) is 177 Å². The Labute approximate surface area is 186 Å². The first-order valence-electron chi connectivity index (χ1n) is 9.85. The van der Waals surface area contributed by atoms with E-state index < -0.39 is 5.91 Å². The number of nitrogens with two attached hydrogens (primary N) is 3. The molecule has 0 aromatic heterocycles. The zero-order chi connectivity index (χ0) is 22.9. The van der Waals surface area contributed by atoms with Crippen LogP contribution in [0.15, 0.2) is 33.4 Å². The van der Waals surface area contributed by atoms with Crippen LogP contribution in [0.4, 0.5) is 0 Å². The Bertz CT molecular complexity index is 758. The maximum atomic E-state index is 11.1. The van der Waals surface area contributed by atoms with Gasteiger partial charge in [0.25, 0.3) is 5.91 Å². The van der Waals surface area contributed by atoms with Crippen molar-refractivity contribution in [3.05, 3.63) is 28.8 Å². The molecule has 172 valence electrons. The number of carbonyl (C=O) groups excluding carboxylic acids is 1. The fraction of sp³-hybridized carbons (Fsp3) is 0.474. The van der Waals surface area contributed by atoms with E-state index in [0.29, 0.717) is 29.5 Å². The largest absolute Gasteiger partial charge is 0.492 e. The van der Waals surface area contributed by atoms with Crippen LogP contribution in [0.1, 0.15) is 31.2 Å². The van der Waals surface area contributed by atoms with Crippen LogP contribution in [0.5, 0.6) is 5.75 Å². The molecule has 1 aromatic carbocycles. The van der Waals surface area contributed by atoms with E-state index in [1.165, 1.54) is 6.34 Å². The van der Waals surface area contributed by atoms with Crippen molar-refractivity contribution in [2.24, 2.45) is 32.7 Å². The maximum Gasteiger partial charge on any atom is 0.266 e. The summed E-state index contributed by atoms with van der Waals surface area (Å²) in [5, 5.41) is 15.7. The van der Waals surface area contributed by atoms with E-state index in [-0.39, 0.29) is 12.1 Å². The number of rotatable bonds is 16. The van der Waals surface area contributed by atoms with Crippen molar-refractivity contribution in [3.63, 3.8) is 0 Å². The third kappa shape index (κ3) is 11.1. The Morgan fingerprint density at radius 1 is 1.26 bits per heavy atom. The lowest BCUT2D eigenvalue weighted by Gasteiger charge is -2.19. The molecule has 8 N–H and O–H groups in total. The van der Waals surface area contributed by atoms with Gasteiger partial charge in [-0.15, -0.1) is 0 Å². The SMILES string of the molecule is N/N=C/N(CCCCN=CNN)CCCCOc1ccc(C/C(=N/O)C(N)=O)cc1Cl. The highest BCUT2D eigenvalue weighted by atomic mass is 35.5.